The number of nitrogens with one attached hydrogen (secondary N) is 1. The average molecular weight is 665 g/mol. The minimum absolute atomic E-state index is 0.181. The first-order valence-corrected chi connectivity index (χ1v) is 17.3. The van der Waals surface area contributed by atoms with Crippen molar-refractivity contribution < 1.29 is 28.7 Å². The Morgan fingerprint density at radius 3 is 2.22 bits per heavy atom. The zero-order chi connectivity index (χ0) is 32.8. The van der Waals surface area contributed by atoms with Crippen molar-refractivity contribution in [3.05, 3.63) is 94.5 Å². The van der Waals surface area contributed by atoms with Gasteiger partial charge in [0.15, 0.2) is 6.10 Å². The molecule has 0 bridgehead atoms. The van der Waals surface area contributed by atoms with Crippen molar-refractivity contribution in [1.29, 1.82) is 0 Å². The van der Waals surface area contributed by atoms with Crippen LogP contribution in [0.3, 0.4) is 0 Å². The number of alkyl carbamates (subject to hydrolysis) is 1. The summed E-state index contributed by atoms with van der Waals surface area (Å²) in [4.78, 5) is 55.0. The molecule has 2 fully saturated rings. The Balaban J connectivity index is 1.38. The molecule has 244 valence electrons. The predicted molar refractivity (Wildman–Crippen MR) is 179 cm³/mol. The minimum Gasteiger partial charge on any atom is -0.448 e. The van der Waals surface area contributed by atoms with Gasteiger partial charge in [-0.1, -0.05) is 60.7 Å². The number of likely N-dealkylation sites (tertiary alicyclic amines) is 1. The van der Waals surface area contributed by atoms with E-state index in [1.54, 1.807) is 32.5 Å². The summed E-state index contributed by atoms with van der Waals surface area (Å²) in [5.74, 6) is -0.889. The number of hydrogen-bond donors (Lipinski definition) is 2. The molecule has 0 unspecified atom stereocenters. The van der Waals surface area contributed by atoms with Crippen molar-refractivity contribution in [2.45, 2.75) is 62.0 Å². The number of fused-ring (bicyclic) bond motifs is 1. The van der Waals surface area contributed by atoms with E-state index >= 15 is 0 Å². The molecule has 3 N–H and O–H groups in total. The highest BCUT2D eigenvalue weighted by molar-refractivity contribution is 8.02. The second kappa shape index (κ2) is 14.8. The first-order valence-electron chi connectivity index (χ1n) is 15.3. The Morgan fingerprint density at radius 1 is 1.04 bits per heavy atom. The van der Waals surface area contributed by atoms with Crippen LogP contribution < -0.4 is 11.1 Å². The lowest BCUT2D eigenvalue weighted by Gasteiger charge is -2.49. The quantitative estimate of drug-likeness (QED) is 0.277. The Hall–Kier alpha value is -3.74. The van der Waals surface area contributed by atoms with Crippen LogP contribution in [-0.2, 0) is 23.9 Å². The van der Waals surface area contributed by atoms with E-state index in [4.69, 9.17) is 15.2 Å². The summed E-state index contributed by atoms with van der Waals surface area (Å²) in [5, 5.41) is 4.54. The third-order valence-electron chi connectivity index (χ3n) is 7.75. The molecular formula is C34H40N4O6S2. The summed E-state index contributed by atoms with van der Waals surface area (Å²) in [5.41, 5.74) is 7.10. The van der Waals surface area contributed by atoms with Gasteiger partial charge in [-0.25, -0.2) is 9.59 Å². The van der Waals surface area contributed by atoms with E-state index in [1.807, 2.05) is 72.1 Å². The van der Waals surface area contributed by atoms with E-state index in [2.05, 4.69) is 10.2 Å². The van der Waals surface area contributed by atoms with Gasteiger partial charge in [0.05, 0.1) is 6.54 Å². The lowest BCUT2D eigenvalue weighted by atomic mass is 10.0. The van der Waals surface area contributed by atoms with Crippen molar-refractivity contribution in [3.8, 4) is 0 Å². The van der Waals surface area contributed by atoms with Crippen molar-refractivity contribution in [3.63, 3.8) is 0 Å². The molecule has 0 saturated carbocycles. The van der Waals surface area contributed by atoms with Gasteiger partial charge < -0.3 is 20.5 Å². The number of rotatable bonds is 10. The van der Waals surface area contributed by atoms with Gasteiger partial charge in [0.2, 0.25) is 5.91 Å². The average Bonchev–Trinajstić information content (AvgIpc) is 3.02. The molecule has 2 atom stereocenters. The van der Waals surface area contributed by atoms with Gasteiger partial charge in [-0.15, -0.1) is 23.5 Å². The van der Waals surface area contributed by atoms with Crippen LogP contribution in [0.15, 0.2) is 83.4 Å². The van der Waals surface area contributed by atoms with Crippen LogP contribution >= 0.6 is 23.5 Å². The predicted octanol–water partition coefficient (Wildman–Crippen LogP) is 4.58. The summed E-state index contributed by atoms with van der Waals surface area (Å²) >= 11 is 3.15. The maximum Gasteiger partial charge on any atom is 0.408 e. The molecule has 3 amide bonds. The summed E-state index contributed by atoms with van der Waals surface area (Å²) < 4.78 is 11.6. The first-order chi connectivity index (χ1) is 22.0. The van der Waals surface area contributed by atoms with Crippen LogP contribution in [0.4, 0.5) is 4.79 Å². The zero-order valence-electron chi connectivity index (χ0n) is 26.2. The Labute approximate surface area is 278 Å². The van der Waals surface area contributed by atoms with E-state index in [9.17, 15) is 19.2 Å². The van der Waals surface area contributed by atoms with Crippen LogP contribution in [0.1, 0.15) is 50.8 Å². The fourth-order valence-electron chi connectivity index (χ4n) is 5.60. The van der Waals surface area contributed by atoms with Crippen LogP contribution in [0.2, 0.25) is 0 Å². The largest absolute Gasteiger partial charge is 0.448 e. The van der Waals surface area contributed by atoms with Crippen molar-refractivity contribution in [1.82, 2.24) is 15.1 Å². The highest BCUT2D eigenvalue weighted by atomic mass is 32.2. The molecular weight excluding hydrogens is 625 g/mol. The second-order valence-corrected chi connectivity index (χ2v) is 14.7. The number of allylic oxidation sites excluding steroid dienone is 1. The third kappa shape index (κ3) is 8.34. The summed E-state index contributed by atoms with van der Waals surface area (Å²) in [7, 11) is 0. The number of primary amides is 1. The van der Waals surface area contributed by atoms with Gasteiger partial charge in [0.25, 0.3) is 5.91 Å². The highest BCUT2D eigenvalue weighted by Crippen LogP contribution is 2.42. The van der Waals surface area contributed by atoms with E-state index in [-0.39, 0.29) is 18.1 Å². The van der Waals surface area contributed by atoms with Crippen molar-refractivity contribution in [2.24, 2.45) is 5.73 Å². The molecule has 0 aliphatic carbocycles. The Morgan fingerprint density at radius 2 is 1.65 bits per heavy atom. The number of piperidine rings is 1. The molecule has 5 rings (SSSR count). The normalized spacial score (nSPS) is 20.8. The summed E-state index contributed by atoms with van der Waals surface area (Å²) in [6, 6.07) is 18.1. The Bertz CT molecular complexity index is 1450. The standard InChI is InChI=1S/C34H40N4O6S2/c1-34(2,3)44-33(42)36-27-30(40)38-28(32(41)43-29(22-10-6-4-7-11-22)23-12-8-5-9-13-23)24(21-46-31(27)38)16-19-45-25-14-17-37(18-15-25)20-26(35)39/h4-13,16,19,25,27,29,31H,14-15,17-18,20-21H2,1-3H3,(H2,35,39)(H,36,42)/b19-16+/t27-,31-/m1/s1. The Kier molecular flexibility index (Phi) is 10.8. The molecule has 2 aromatic rings. The summed E-state index contributed by atoms with van der Waals surface area (Å²) in [6.07, 6.45) is 2.34. The lowest BCUT2D eigenvalue weighted by Crippen LogP contribution is -2.70. The van der Waals surface area contributed by atoms with Crippen LogP contribution in [0.25, 0.3) is 0 Å². The van der Waals surface area contributed by atoms with Gasteiger partial charge in [-0.05, 0) is 74.9 Å². The third-order valence-corrected chi connectivity index (χ3v) is 10.2. The van der Waals surface area contributed by atoms with E-state index < -0.39 is 41.1 Å². The number of ether oxygens (including phenoxy) is 2. The van der Waals surface area contributed by atoms with Gasteiger partial charge >= 0.3 is 12.1 Å². The van der Waals surface area contributed by atoms with E-state index in [1.165, 1.54) is 16.7 Å². The number of carbonyl (C=O) groups is 4. The number of carbonyl (C=O) groups excluding carboxylic acids is 4. The second-order valence-electron chi connectivity index (χ2n) is 12.4. The van der Waals surface area contributed by atoms with Crippen LogP contribution in [0.5, 0.6) is 0 Å². The molecule has 2 saturated heterocycles. The van der Waals surface area contributed by atoms with Gasteiger partial charge in [0, 0.05) is 11.0 Å². The number of β-lactam (4-membered cyclic amide) rings is 1. The van der Waals surface area contributed by atoms with Crippen LogP contribution in [-0.4, -0.2) is 81.3 Å². The molecule has 0 aromatic heterocycles. The van der Waals surface area contributed by atoms with Crippen LogP contribution in [0, 0.1) is 0 Å². The number of amides is 3. The molecule has 3 aliphatic rings. The molecule has 3 heterocycles. The number of benzene rings is 2. The molecule has 12 heteroatoms. The molecule has 10 nitrogen and oxygen atoms in total. The highest BCUT2D eigenvalue weighted by Gasteiger charge is 2.54. The number of esters is 1. The first kappa shape index (κ1) is 33.6. The van der Waals surface area contributed by atoms with Gasteiger partial charge in [-0.2, -0.15) is 0 Å². The van der Waals surface area contributed by atoms with E-state index in [0.29, 0.717) is 16.6 Å². The minimum atomic E-state index is -0.827. The summed E-state index contributed by atoms with van der Waals surface area (Å²) in [6.45, 7) is 7.12. The van der Waals surface area contributed by atoms with E-state index in [0.717, 1.165) is 37.1 Å². The lowest BCUT2D eigenvalue weighted by molar-refractivity contribution is -0.153. The molecule has 3 aliphatic heterocycles. The van der Waals surface area contributed by atoms with Gasteiger partial charge in [-0.3, -0.25) is 19.4 Å². The maximum absolute atomic E-state index is 14.1. The van der Waals surface area contributed by atoms with Crippen molar-refractivity contribution >= 4 is 47.4 Å². The molecule has 0 spiro atoms. The number of nitrogens with zero attached hydrogens (tertiary/aromatic N) is 2. The molecule has 0 radical (unpaired) electrons. The maximum atomic E-state index is 14.1. The monoisotopic (exact) mass is 664 g/mol. The number of nitrogens with two attached hydrogens (primary N) is 1. The number of thioether (sulfide) groups is 2. The smallest absolute Gasteiger partial charge is 0.408 e. The number of hydrogen-bond acceptors (Lipinski definition) is 9. The fourth-order valence-corrected chi connectivity index (χ4v) is 7.86. The van der Waals surface area contributed by atoms with Gasteiger partial charge in [0.1, 0.15) is 22.7 Å². The SMILES string of the molecule is CC(C)(C)OC(=O)N[C@@H]1C(=O)N2C(C(=O)OC(c3ccccc3)c3ccccc3)=C(/C=C/SC3CCN(CC(N)=O)CC3)CS[C@H]12. The molecule has 46 heavy (non-hydrogen) atoms. The topological polar surface area (TPSA) is 131 Å². The fraction of sp³-hybridized carbons (Fsp3) is 0.412. The zero-order valence-corrected chi connectivity index (χ0v) is 27.9. The van der Waals surface area contributed by atoms with Crippen molar-refractivity contribution in [2.75, 3.05) is 25.4 Å². The molecule has 2 aromatic carbocycles.